The molecule has 1 unspecified atom stereocenters. The maximum Gasteiger partial charge on any atom is 0.416 e. The topological polar surface area (TPSA) is 43.1 Å². The van der Waals surface area contributed by atoms with E-state index in [4.69, 9.17) is 5.73 Å². The number of benzene rings is 1. The standard InChI is InChI=1S/C12H14F3NOS/c1-8(18-7-6-11(16)17)9-2-4-10(5-3-9)12(13,14)15/h2-5,8H,6-7H2,1H3,(H2,16,17). The Hall–Kier alpha value is -1.17. The Labute approximate surface area is 108 Å². The number of amides is 1. The van der Waals surface area contributed by atoms with E-state index in [0.717, 1.165) is 17.7 Å². The molecule has 0 fully saturated rings. The lowest BCUT2D eigenvalue weighted by Gasteiger charge is -2.12. The normalized spacial score (nSPS) is 13.3. The highest BCUT2D eigenvalue weighted by Gasteiger charge is 2.30. The Morgan fingerprint density at radius 1 is 1.33 bits per heavy atom. The zero-order valence-corrected chi connectivity index (χ0v) is 10.6. The van der Waals surface area contributed by atoms with Gasteiger partial charge in [0.2, 0.25) is 5.91 Å². The predicted octanol–water partition coefficient (Wildman–Crippen LogP) is 3.38. The molecule has 0 aromatic heterocycles. The van der Waals surface area contributed by atoms with Gasteiger partial charge in [0.1, 0.15) is 0 Å². The molecule has 1 amide bonds. The fourth-order valence-electron chi connectivity index (χ4n) is 1.38. The van der Waals surface area contributed by atoms with Crippen LogP contribution in [0.1, 0.15) is 29.7 Å². The number of halogens is 3. The van der Waals surface area contributed by atoms with Crippen LogP contribution in [0.2, 0.25) is 0 Å². The maximum absolute atomic E-state index is 12.4. The number of thioether (sulfide) groups is 1. The zero-order chi connectivity index (χ0) is 13.8. The number of carbonyl (C=O) groups excluding carboxylic acids is 1. The minimum atomic E-state index is -4.30. The second-order valence-corrected chi connectivity index (χ2v) is 5.30. The van der Waals surface area contributed by atoms with Crippen LogP contribution in [-0.2, 0) is 11.0 Å². The Bertz CT molecular complexity index is 403. The number of hydrogen-bond acceptors (Lipinski definition) is 2. The molecule has 0 saturated heterocycles. The van der Waals surface area contributed by atoms with Crippen LogP contribution in [0.5, 0.6) is 0 Å². The summed E-state index contributed by atoms with van der Waals surface area (Å²) in [7, 11) is 0. The Balaban J connectivity index is 2.59. The van der Waals surface area contributed by atoms with Gasteiger partial charge in [-0.15, -0.1) is 0 Å². The number of rotatable bonds is 5. The van der Waals surface area contributed by atoms with E-state index in [1.54, 1.807) is 0 Å². The van der Waals surface area contributed by atoms with Crippen molar-refractivity contribution in [3.63, 3.8) is 0 Å². The molecule has 6 heteroatoms. The molecule has 1 aromatic carbocycles. The first kappa shape index (κ1) is 14.9. The van der Waals surface area contributed by atoms with Crippen LogP contribution in [-0.4, -0.2) is 11.7 Å². The number of primary amides is 1. The van der Waals surface area contributed by atoms with Crippen molar-refractivity contribution in [3.8, 4) is 0 Å². The molecule has 0 spiro atoms. The molecule has 1 rings (SSSR count). The first-order valence-corrected chi connectivity index (χ1v) is 6.42. The van der Waals surface area contributed by atoms with Crippen LogP contribution in [0.3, 0.4) is 0 Å². The summed E-state index contributed by atoms with van der Waals surface area (Å²) < 4.78 is 37.1. The number of nitrogens with two attached hydrogens (primary N) is 1. The lowest BCUT2D eigenvalue weighted by molar-refractivity contribution is -0.137. The second kappa shape index (κ2) is 6.13. The van der Waals surface area contributed by atoms with Gasteiger partial charge >= 0.3 is 6.18 Å². The Morgan fingerprint density at radius 3 is 2.33 bits per heavy atom. The third kappa shape index (κ3) is 4.60. The summed E-state index contributed by atoms with van der Waals surface area (Å²) >= 11 is 1.49. The SMILES string of the molecule is CC(SCCC(N)=O)c1ccc(C(F)(F)F)cc1. The summed E-state index contributed by atoms with van der Waals surface area (Å²) in [6.07, 6.45) is -4.03. The average molecular weight is 277 g/mol. The number of alkyl halides is 3. The molecule has 0 radical (unpaired) electrons. The summed E-state index contributed by atoms with van der Waals surface area (Å²) in [6.45, 7) is 1.88. The van der Waals surface area contributed by atoms with E-state index in [9.17, 15) is 18.0 Å². The lowest BCUT2D eigenvalue weighted by Crippen LogP contribution is -2.11. The quantitative estimate of drug-likeness (QED) is 0.896. The summed E-state index contributed by atoms with van der Waals surface area (Å²) in [6, 6.07) is 5.07. The molecule has 2 N–H and O–H groups in total. The van der Waals surface area contributed by atoms with Crippen molar-refractivity contribution in [2.24, 2.45) is 5.73 Å². The van der Waals surface area contributed by atoms with Crippen LogP contribution < -0.4 is 5.73 Å². The minimum absolute atomic E-state index is 0.0339. The molecule has 2 nitrogen and oxygen atoms in total. The van der Waals surface area contributed by atoms with Gasteiger partial charge in [-0.1, -0.05) is 12.1 Å². The van der Waals surface area contributed by atoms with Crippen LogP contribution in [0.15, 0.2) is 24.3 Å². The Morgan fingerprint density at radius 2 is 1.89 bits per heavy atom. The zero-order valence-electron chi connectivity index (χ0n) is 9.83. The lowest BCUT2D eigenvalue weighted by atomic mass is 10.1. The molecular weight excluding hydrogens is 263 g/mol. The Kier molecular flexibility index (Phi) is 5.07. The molecule has 1 aromatic rings. The van der Waals surface area contributed by atoms with E-state index in [1.807, 2.05) is 6.92 Å². The summed E-state index contributed by atoms with van der Waals surface area (Å²) in [5.74, 6) is 0.194. The van der Waals surface area contributed by atoms with Crippen molar-refractivity contribution in [1.29, 1.82) is 0 Å². The van der Waals surface area contributed by atoms with Crippen LogP contribution in [0, 0.1) is 0 Å². The number of hydrogen-bond donors (Lipinski definition) is 1. The second-order valence-electron chi connectivity index (χ2n) is 3.85. The van der Waals surface area contributed by atoms with Gasteiger partial charge in [0.25, 0.3) is 0 Å². The van der Waals surface area contributed by atoms with Gasteiger partial charge in [-0.3, -0.25) is 4.79 Å². The van der Waals surface area contributed by atoms with Gasteiger partial charge in [0.05, 0.1) is 5.56 Å². The molecule has 0 aliphatic heterocycles. The van der Waals surface area contributed by atoms with Crippen molar-refractivity contribution < 1.29 is 18.0 Å². The van der Waals surface area contributed by atoms with E-state index < -0.39 is 11.7 Å². The summed E-state index contributed by atoms with van der Waals surface area (Å²) in [4.78, 5) is 10.6. The van der Waals surface area contributed by atoms with Gasteiger partial charge in [0, 0.05) is 17.4 Å². The first-order chi connectivity index (χ1) is 8.30. The molecule has 0 saturated carbocycles. The molecule has 18 heavy (non-hydrogen) atoms. The van der Waals surface area contributed by atoms with Crippen molar-refractivity contribution in [2.45, 2.75) is 24.8 Å². The fraction of sp³-hybridized carbons (Fsp3) is 0.417. The van der Waals surface area contributed by atoms with Gasteiger partial charge in [0.15, 0.2) is 0 Å². The molecule has 1 atom stereocenters. The fourth-order valence-corrected chi connectivity index (χ4v) is 2.40. The third-order valence-corrected chi connectivity index (χ3v) is 3.64. The first-order valence-electron chi connectivity index (χ1n) is 5.38. The van der Waals surface area contributed by atoms with Crippen LogP contribution in [0.4, 0.5) is 13.2 Å². The van der Waals surface area contributed by atoms with E-state index in [1.165, 1.54) is 23.9 Å². The van der Waals surface area contributed by atoms with Gasteiger partial charge in [-0.05, 0) is 24.6 Å². The highest BCUT2D eigenvalue weighted by Crippen LogP contribution is 2.33. The highest BCUT2D eigenvalue weighted by atomic mass is 32.2. The monoisotopic (exact) mass is 277 g/mol. The smallest absolute Gasteiger partial charge is 0.370 e. The average Bonchev–Trinajstić information content (AvgIpc) is 2.27. The van der Waals surface area contributed by atoms with Crippen LogP contribution >= 0.6 is 11.8 Å². The number of carbonyl (C=O) groups is 1. The molecule has 100 valence electrons. The van der Waals surface area contributed by atoms with Gasteiger partial charge in [-0.2, -0.15) is 24.9 Å². The van der Waals surface area contributed by atoms with Crippen LogP contribution in [0.25, 0.3) is 0 Å². The van der Waals surface area contributed by atoms with Crippen molar-refractivity contribution in [2.75, 3.05) is 5.75 Å². The molecule has 0 aliphatic carbocycles. The largest absolute Gasteiger partial charge is 0.416 e. The van der Waals surface area contributed by atoms with Gasteiger partial charge in [-0.25, -0.2) is 0 Å². The van der Waals surface area contributed by atoms with E-state index in [0.29, 0.717) is 5.75 Å². The third-order valence-electron chi connectivity index (χ3n) is 2.42. The van der Waals surface area contributed by atoms with E-state index >= 15 is 0 Å². The van der Waals surface area contributed by atoms with Crippen molar-refractivity contribution >= 4 is 17.7 Å². The minimum Gasteiger partial charge on any atom is -0.370 e. The highest BCUT2D eigenvalue weighted by molar-refractivity contribution is 7.99. The van der Waals surface area contributed by atoms with Crippen molar-refractivity contribution in [3.05, 3.63) is 35.4 Å². The van der Waals surface area contributed by atoms with E-state index in [-0.39, 0.29) is 17.6 Å². The summed E-state index contributed by atoms with van der Waals surface area (Å²) in [5, 5.41) is 0.0339. The van der Waals surface area contributed by atoms with Gasteiger partial charge < -0.3 is 5.73 Å². The molecular formula is C12H14F3NOS. The van der Waals surface area contributed by atoms with Crippen molar-refractivity contribution in [1.82, 2.24) is 0 Å². The summed E-state index contributed by atoms with van der Waals surface area (Å²) in [5.41, 5.74) is 5.16. The molecule has 0 aliphatic rings. The van der Waals surface area contributed by atoms with E-state index in [2.05, 4.69) is 0 Å². The molecule has 0 bridgehead atoms. The molecule has 0 heterocycles. The predicted molar refractivity (Wildman–Crippen MR) is 66.1 cm³/mol. The maximum atomic E-state index is 12.4.